The molecule has 1 aliphatic heterocycles. The first kappa shape index (κ1) is 19.3. The van der Waals surface area contributed by atoms with Crippen molar-refractivity contribution in [2.75, 3.05) is 7.11 Å². The standard InChI is InChI=1S/C19H13IN2O4S/c1-25-15-7-11(8-16-18(23)22-19(24)27-16)6-14(20)17(15)26-10-13-5-3-2-4-12(13)9-21/h2-8H,10H2,1H3,(H,22,23,24)/b16-8+. The molecule has 0 bridgehead atoms. The lowest BCUT2D eigenvalue weighted by Gasteiger charge is -2.14. The van der Waals surface area contributed by atoms with E-state index >= 15 is 0 Å². The van der Waals surface area contributed by atoms with Crippen molar-refractivity contribution in [2.45, 2.75) is 6.61 Å². The summed E-state index contributed by atoms with van der Waals surface area (Å²) in [6.07, 6.45) is 1.63. The highest BCUT2D eigenvalue weighted by atomic mass is 127. The van der Waals surface area contributed by atoms with E-state index in [0.29, 0.717) is 27.5 Å². The summed E-state index contributed by atoms with van der Waals surface area (Å²) in [4.78, 5) is 23.3. The predicted molar refractivity (Wildman–Crippen MR) is 110 cm³/mol. The van der Waals surface area contributed by atoms with E-state index in [1.807, 2.05) is 18.2 Å². The van der Waals surface area contributed by atoms with Crippen molar-refractivity contribution in [1.29, 1.82) is 5.26 Å². The molecule has 0 aliphatic carbocycles. The zero-order valence-corrected chi connectivity index (χ0v) is 17.1. The first-order valence-corrected chi connectivity index (χ1v) is 9.64. The van der Waals surface area contributed by atoms with E-state index in [9.17, 15) is 14.9 Å². The number of methoxy groups -OCH3 is 1. The molecule has 0 spiro atoms. The third kappa shape index (κ3) is 4.43. The second kappa shape index (κ2) is 8.45. The van der Waals surface area contributed by atoms with Crippen molar-refractivity contribution in [1.82, 2.24) is 5.32 Å². The molecule has 0 radical (unpaired) electrons. The molecule has 0 unspecified atom stereocenters. The number of hydrogen-bond donors (Lipinski definition) is 1. The fraction of sp³-hybridized carbons (Fsp3) is 0.105. The highest BCUT2D eigenvalue weighted by Gasteiger charge is 2.25. The molecular weight excluding hydrogens is 479 g/mol. The number of imide groups is 1. The van der Waals surface area contributed by atoms with Crippen LogP contribution in [0.15, 0.2) is 41.3 Å². The molecular formula is C19H13IN2O4S. The third-order valence-corrected chi connectivity index (χ3v) is 5.31. The summed E-state index contributed by atoms with van der Waals surface area (Å²) >= 11 is 2.98. The minimum Gasteiger partial charge on any atom is -0.493 e. The smallest absolute Gasteiger partial charge is 0.290 e. The maximum Gasteiger partial charge on any atom is 0.290 e. The molecule has 6 nitrogen and oxygen atoms in total. The maximum absolute atomic E-state index is 11.7. The van der Waals surface area contributed by atoms with Crippen LogP contribution < -0.4 is 14.8 Å². The van der Waals surface area contributed by atoms with Crippen molar-refractivity contribution in [3.05, 3.63) is 61.6 Å². The highest BCUT2D eigenvalue weighted by molar-refractivity contribution is 14.1. The van der Waals surface area contributed by atoms with Gasteiger partial charge < -0.3 is 9.47 Å². The van der Waals surface area contributed by atoms with Gasteiger partial charge in [0.1, 0.15) is 6.61 Å². The van der Waals surface area contributed by atoms with Crippen LogP contribution in [0.1, 0.15) is 16.7 Å². The summed E-state index contributed by atoms with van der Waals surface area (Å²) in [6.45, 7) is 0.225. The maximum atomic E-state index is 11.7. The number of thioether (sulfide) groups is 1. The first-order valence-electron chi connectivity index (χ1n) is 7.75. The van der Waals surface area contributed by atoms with Crippen molar-refractivity contribution in [3.8, 4) is 17.6 Å². The van der Waals surface area contributed by atoms with E-state index in [0.717, 1.165) is 20.9 Å². The van der Waals surface area contributed by atoms with Crippen LogP contribution in [-0.4, -0.2) is 18.3 Å². The van der Waals surface area contributed by atoms with Crippen molar-refractivity contribution < 1.29 is 19.1 Å². The summed E-state index contributed by atoms with van der Waals surface area (Å²) in [5.74, 6) is 0.637. The molecule has 1 fully saturated rings. The molecule has 1 aliphatic rings. The molecule has 0 saturated carbocycles. The normalized spacial score (nSPS) is 14.8. The molecule has 2 amide bonds. The molecule has 0 atom stereocenters. The van der Waals surface area contributed by atoms with E-state index in [-0.39, 0.29) is 11.8 Å². The van der Waals surface area contributed by atoms with Crippen LogP contribution in [-0.2, 0) is 11.4 Å². The van der Waals surface area contributed by atoms with Gasteiger partial charge in [0.15, 0.2) is 11.5 Å². The van der Waals surface area contributed by atoms with Crippen LogP contribution in [0.2, 0.25) is 0 Å². The van der Waals surface area contributed by atoms with Gasteiger partial charge in [0.2, 0.25) is 0 Å². The van der Waals surface area contributed by atoms with Gasteiger partial charge in [-0.2, -0.15) is 5.26 Å². The lowest BCUT2D eigenvalue weighted by molar-refractivity contribution is -0.115. The lowest BCUT2D eigenvalue weighted by atomic mass is 10.1. The average molecular weight is 492 g/mol. The Morgan fingerprint density at radius 2 is 2.07 bits per heavy atom. The van der Waals surface area contributed by atoms with Gasteiger partial charge in [0, 0.05) is 5.56 Å². The van der Waals surface area contributed by atoms with Crippen LogP contribution in [0.3, 0.4) is 0 Å². The largest absolute Gasteiger partial charge is 0.493 e. The van der Waals surface area contributed by atoms with Gasteiger partial charge in [0.25, 0.3) is 11.1 Å². The molecule has 2 aromatic rings. The van der Waals surface area contributed by atoms with Crippen LogP contribution in [0, 0.1) is 14.9 Å². The molecule has 2 aromatic carbocycles. The van der Waals surface area contributed by atoms with Crippen LogP contribution in [0.25, 0.3) is 6.08 Å². The summed E-state index contributed by atoms with van der Waals surface area (Å²) in [7, 11) is 1.53. The Labute approximate surface area is 173 Å². The predicted octanol–water partition coefficient (Wildman–Crippen LogP) is 4.07. The minimum absolute atomic E-state index is 0.225. The summed E-state index contributed by atoms with van der Waals surface area (Å²) < 4.78 is 12.1. The van der Waals surface area contributed by atoms with Gasteiger partial charge in [-0.25, -0.2) is 0 Å². The number of halogens is 1. The Bertz CT molecular complexity index is 998. The number of nitrogens with zero attached hydrogens (tertiary/aromatic N) is 1. The molecule has 1 N–H and O–H groups in total. The summed E-state index contributed by atoms with van der Waals surface area (Å²) in [6, 6.07) is 12.9. The van der Waals surface area contributed by atoms with Gasteiger partial charge >= 0.3 is 0 Å². The summed E-state index contributed by atoms with van der Waals surface area (Å²) in [5, 5.41) is 11.0. The highest BCUT2D eigenvalue weighted by Crippen LogP contribution is 2.36. The van der Waals surface area contributed by atoms with E-state index in [1.165, 1.54) is 7.11 Å². The number of carbonyl (C=O) groups is 2. The zero-order valence-electron chi connectivity index (χ0n) is 14.1. The van der Waals surface area contributed by atoms with Gasteiger partial charge in [0.05, 0.1) is 27.2 Å². The molecule has 3 rings (SSSR count). The number of carbonyl (C=O) groups excluding carboxylic acids is 2. The third-order valence-electron chi connectivity index (χ3n) is 3.70. The second-order valence-corrected chi connectivity index (χ2v) is 7.62. The van der Waals surface area contributed by atoms with E-state index in [2.05, 4.69) is 34.0 Å². The molecule has 27 heavy (non-hydrogen) atoms. The van der Waals surface area contributed by atoms with Gasteiger partial charge in [-0.05, 0) is 64.2 Å². The fourth-order valence-corrected chi connectivity index (χ4v) is 3.90. The van der Waals surface area contributed by atoms with Gasteiger partial charge in [-0.15, -0.1) is 0 Å². The van der Waals surface area contributed by atoms with Crippen LogP contribution >= 0.6 is 34.4 Å². The molecule has 8 heteroatoms. The Balaban J connectivity index is 1.87. The Morgan fingerprint density at radius 3 is 2.74 bits per heavy atom. The van der Waals surface area contributed by atoms with Crippen molar-refractivity contribution >= 4 is 51.6 Å². The second-order valence-electron chi connectivity index (χ2n) is 5.44. The number of hydrogen-bond acceptors (Lipinski definition) is 6. The SMILES string of the molecule is COc1cc(/C=C2/SC(=O)NC2=O)cc(I)c1OCc1ccccc1C#N. The van der Waals surface area contributed by atoms with E-state index in [1.54, 1.807) is 24.3 Å². The van der Waals surface area contributed by atoms with Crippen molar-refractivity contribution in [2.24, 2.45) is 0 Å². The molecule has 0 aromatic heterocycles. The number of rotatable bonds is 5. The van der Waals surface area contributed by atoms with Gasteiger partial charge in [-0.3, -0.25) is 14.9 Å². The zero-order chi connectivity index (χ0) is 19.4. The average Bonchev–Trinajstić information content (AvgIpc) is 2.97. The minimum atomic E-state index is -0.410. The Kier molecular flexibility index (Phi) is 6.03. The molecule has 1 heterocycles. The Morgan fingerprint density at radius 1 is 1.30 bits per heavy atom. The number of benzene rings is 2. The topological polar surface area (TPSA) is 88.4 Å². The van der Waals surface area contributed by atoms with Crippen molar-refractivity contribution in [3.63, 3.8) is 0 Å². The van der Waals surface area contributed by atoms with Crippen LogP contribution in [0.4, 0.5) is 4.79 Å². The monoisotopic (exact) mass is 492 g/mol. The van der Waals surface area contributed by atoms with Gasteiger partial charge in [-0.1, -0.05) is 18.2 Å². The summed E-state index contributed by atoms with van der Waals surface area (Å²) in [5.41, 5.74) is 2.05. The molecule has 1 saturated heterocycles. The molecule has 136 valence electrons. The lowest BCUT2D eigenvalue weighted by Crippen LogP contribution is -2.17. The fourth-order valence-electron chi connectivity index (χ4n) is 2.44. The number of amides is 2. The number of nitrogens with one attached hydrogen (secondary N) is 1. The van der Waals surface area contributed by atoms with E-state index in [4.69, 9.17) is 9.47 Å². The van der Waals surface area contributed by atoms with E-state index < -0.39 is 5.91 Å². The number of ether oxygens (including phenoxy) is 2. The quantitative estimate of drug-likeness (QED) is 0.500. The van der Waals surface area contributed by atoms with Crippen LogP contribution in [0.5, 0.6) is 11.5 Å². The Hall–Kier alpha value is -2.51. The first-order chi connectivity index (χ1) is 13.0. The number of nitriles is 1.